The van der Waals surface area contributed by atoms with E-state index in [2.05, 4.69) is 0 Å². The fourth-order valence-electron chi connectivity index (χ4n) is 3.54. The molecule has 2 bridgehead atoms. The molecule has 1 N–H and O–H groups in total. The van der Waals surface area contributed by atoms with Crippen molar-refractivity contribution in [3.05, 3.63) is 0 Å². The van der Waals surface area contributed by atoms with Gasteiger partial charge >= 0.3 is 27.3 Å². The summed E-state index contributed by atoms with van der Waals surface area (Å²) < 4.78 is 90.6. The number of esters is 1. The highest BCUT2D eigenvalue weighted by Crippen LogP contribution is 2.58. The summed E-state index contributed by atoms with van der Waals surface area (Å²) in [5.41, 5.74) is -0.877. The van der Waals surface area contributed by atoms with Gasteiger partial charge in [-0.2, -0.15) is 26.0 Å². The molecule has 10 heteroatoms. The Labute approximate surface area is 137 Å². The van der Waals surface area contributed by atoms with Crippen LogP contribution in [-0.2, 0) is 19.6 Å². The van der Waals surface area contributed by atoms with Gasteiger partial charge in [0.1, 0.15) is 6.10 Å². The molecule has 0 aromatic rings. The fraction of sp³-hybridized carbons (Fsp3) is 0.929. The lowest BCUT2D eigenvalue weighted by Gasteiger charge is -2.37. The zero-order valence-corrected chi connectivity index (χ0v) is 14.2. The number of carbonyl (C=O) groups excluding carboxylic acids is 1. The summed E-state index contributed by atoms with van der Waals surface area (Å²) >= 11 is 0. The highest BCUT2D eigenvalue weighted by molar-refractivity contribution is 7.87. The van der Waals surface area contributed by atoms with Crippen LogP contribution in [0.1, 0.15) is 40.0 Å². The Hall–Kier alpha value is -0.900. The number of alkyl halides is 4. The molecule has 0 radical (unpaired) electrons. The average Bonchev–Trinajstić information content (AvgIpc) is 2.95. The molecule has 2 rings (SSSR count). The number of ether oxygens (including phenoxy) is 1. The Morgan fingerprint density at radius 3 is 2.04 bits per heavy atom. The van der Waals surface area contributed by atoms with Crippen molar-refractivity contribution in [3.8, 4) is 0 Å². The minimum absolute atomic E-state index is 0.157. The van der Waals surface area contributed by atoms with E-state index in [1.165, 1.54) is 0 Å². The predicted molar refractivity (Wildman–Crippen MR) is 75.1 cm³/mol. The highest BCUT2D eigenvalue weighted by Gasteiger charge is 2.72. The number of rotatable bonds is 4. The van der Waals surface area contributed by atoms with Crippen LogP contribution in [0.5, 0.6) is 0 Å². The molecule has 0 amide bonds. The summed E-state index contributed by atoms with van der Waals surface area (Å²) in [5.74, 6) is -8.98. The predicted octanol–water partition coefficient (Wildman–Crippen LogP) is 3.11. The number of hydrogen-bond acceptors (Lipinski definition) is 4. The van der Waals surface area contributed by atoms with Gasteiger partial charge in [-0.15, -0.1) is 0 Å². The van der Waals surface area contributed by atoms with Crippen LogP contribution in [0, 0.1) is 23.2 Å². The van der Waals surface area contributed by atoms with E-state index in [4.69, 9.17) is 9.29 Å². The second-order valence-electron chi connectivity index (χ2n) is 7.65. The van der Waals surface area contributed by atoms with E-state index in [1.807, 2.05) is 0 Å². The van der Waals surface area contributed by atoms with Gasteiger partial charge in [-0.25, -0.2) is 0 Å². The average molecular weight is 376 g/mol. The van der Waals surface area contributed by atoms with Gasteiger partial charge in [0.2, 0.25) is 0 Å². The molecule has 0 aliphatic heterocycles. The molecule has 2 aliphatic rings. The standard InChI is InChI=1S/C14H20F4O5S/c1-12(2,3)11(19)23-10-6-7-4-8(10)9(5-7)13(15,16)14(17,18)24(20,21)22/h7-10H,4-6H2,1-3H3,(H,20,21,22). The van der Waals surface area contributed by atoms with E-state index in [0.717, 1.165) is 0 Å². The first-order chi connectivity index (χ1) is 10.6. The van der Waals surface area contributed by atoms with Crippen LogP contribution in [-0.4, -0.2) is 36.2 Å². The monoisotopic (exact) mass is 376 g/mol. The quantitative estimate of drug-likeness (QED) is 0.463. The maximum atomic E-state index is 14.2. The summed E-state index contributed by atoms with van der Waals surface area (Å²) in [4.78, 5) is 11.9. The van der Waals surface area contributed by atoms with Crippen LogP contribution in [0.2, 0.25) is 0 Å². The van der Waals surface area contributed by atoms with Crippen LogP contribution in [0.3, 0.4) is 0 Å². The summed E-state index contributed by atoms with van der Waals surface area (Å²) in [7, 11) is -6.27. The first-order valence-corrected chi connectivity index (χ1v) is 8.96. The molecule has 2 fully saturated rings. The molecule has 140 valence electrons. The highest BCUT2D eigenvalue weighted by atomic mass is 32.2. The summed E-state index contributed by atoms with van der Waals surface area (Å²) in [6.45, 7) is 4.71. The van der Waals surface area contributed by atoms with Gasteiger partial charge in [0.15, 0.2) is 0 Å². The van der Waals surface area contributed by atoms with E-state index in [9.17, 15) is 30.8 Å². The smallest absolute Gasteiger partial charge is 0.431 e. The van der Waals surface area contributed by atoms with Gasteiger partial charge in [-0.3, -0.25) is 9.35 Å². The lowest BCUT2D eigenvalue weighted by molar-refractivity contribution is -0.213. The topological polar surface area (TPSA) is 80.7 Å². The Morgan fingerprint density at radius 1 is 1.08 bits per heavy atom. The molecule has 4 atom stereocenters. The molecular weight excluding hydrogens is 356 g/mol. The third kappa shape index (κ3) is 3.02. The maximum absolute atomic E-state index is 14.2. The Kier molecular flexibility index (Phi) is 4.49. The Bertz CT molecular complexity index is 626. The van der Waals surface area contributed by atoms with E-state index in [1.54, 1.807) is 20.8 Å². The molecule has 2 aliphatic carbocycles. The van der Waals surface area contributed by atoms with E-state index in [-0.39, 0.29) is 25.2 Å². The zero-order chi connectivity index (χ0) is 18.7. The van der Waals surface area contributed by atoms with Crippen LogP contribution in [0.4, 0.5) is 17.6 Å². The third-order valence-electron chi connectivity index (χ3n) is 4.80. The molecular formula is C14H20F4O5S. The molecule has 5 nitrogen and oxygen atoms in total. The second kappa shape index (κ2) is 5.55. The zero-order valence-electron chi connectivity index (χ0n) is 13.4. The molecule has 0 saturated heterocycles. The van der Waals surface area contributed by atoms with Gasteiger partial charge in [-0.05, 0) is 46.0 Å². The summed E-state index contributed by atoms with van der Waals surface area (Å²) in [6, 6.07) is 0. The van der Waals surface area contributed by atoms with Gasteiger partial charge in [0.25, 0.3) is 0 Å². The van der Waals surface area contributed by atoms with Crippen LogP contribution < -0.4 is 0 Å². The van der Waals surface area contributed by atoms with Gasteiger partial charge in [-0.1, -0.05) is 0 Å². The fourth-order valence-corrected chi connectivity index (χ4v) is 4.04. The van der Waals surface area contributed by atoms with E-state index < -0.39 is 50.6 Å². The van der Waals surface area contributed by atoms with Crippen molar-refractivity contribution in [2.75, 3.05) is 0 Å². The minimum atomic E-state index is -6.27. The Balaban J connectivity index is 2.24. The molecule has 0 aromatic carbocycles. The Morgan fingerprint density at radius 2 is 1.62 bits per heavy atom. The van der Waals surface area contributed by atoms with Crippen LogP contribution in [0.15, 0.2) is 0 Å². The van der Waals surface area contributed by atoms with Crippen LogP contribution >= 0.6 is 0 Å². The normalized spacial score (nSPS) is 31.3. The van der Waals surface area contributed by atoms with Crippen molar-refractivity contribution in [1.82, 2.24) is 0 Å². The largest absolute Gasteiger partial charge is 0.462 e. The van der Waals surface area contributed by atoms with Gasteiger partial charge in [0, 0.05) is 11.8 Å². The summed E-state index contributed by atoms with van der Waals surface area (Å²) in [6.07, 6.45) is -0.809. The van der Waals surface area contributed by atoms with Gasteiger partial charge in [0.05, 0.1) is 5.41 Å². The van der Waals surface area contributed by atoms with Crippen molar-refractivity contribution in [2.24, 2.45) is 23.2 Å². The van der Waals surface area contributed by atoms with Crippen molar-refractivity contribution in [3.63, 3.8) is 0 Å². The number of hydrogen-bond donors (Lipinski definition) is 1. The minimum Gasteiger partial charge on any atom is -0.462 e. The van der Waals surface area contributed by atoms with Crippen molar-refractivity contribution in [2.45, 2.75) is 57.3 Å². The molecule has 4 unspecified atom stereocenters. The molecule has 2 saturated carbocycles. The molecule has 24 heavy (non-hydrogen) atoms. The first kappa shape index (κ1) is 19.4. The van der Waals surface area contributed by atoms with Crippen LogP contribution in [0.25, 0.3) is 0 Å². The van der Waals surface area contributed by atoms with Crippen molar-refractivity contribution in [1.29, 1.82) is 0 Å². The third-order valence-corrected chi connectivity index (χ3v) is 5.72. The number of carbonyl (C=O) groups is 1. The second-order valence-corrected chi connectivity index (χ2v) is 9.11. The maximum Gasteiger partial charge on any atom is 0.431 e. The lowest BCUT2D eigenvalue weighted by atomic mass is 9.82. The number of fused-ring (bicyclic) bond motifs is 2. The molecule has 0 spiro atoms. The lowest BCUT2D eigenvalue weighted by Crippen LogP contribution is -2.54. The van der Waals surface area contributed by atoms with Gasteiger partial charge < -0.3 is 4.74 Å². The van der Waals surface area contributed by atoms with E-state index in [0.29, 0.717) is 0 Å². The van der Waals surface area contributed by atoms with E-state index >= 15 is 0 Å². The van der Waals surface area contributed by atoms with Crippen molar-refractivity contribution >= 4 is 16.1 Å². The summed E-state index contributed by atoms with van der Waals surface area (Å²) in [5, 5.41) is -5.59. The first-order valence-electron chi connectivity index (χ1n) is 7.52. The number of halogens is 4. The molecule has 0 heterocycles. The molecule has 0 aromatic heterocycles. The van der Waals surface area contributed by atoms with Crippen molar-refractivity contribution < 1.29 is 40.1 Å². The SMILES string of the molecule is CC(C)(C)C(=O)OC1CC2CC1C(C(F)(F)C(F)(F)S(=O)(=O)O)C2.